The van der Waals surface area contributed by atoms with Gasteiger partial charge in [0.05, 0.1) is 6.61 Å². The van der Waals surface area contributed by atoms with E-state index in [0.29, 0.717) is 17.7 Å². The third kappa shape index (κ3) is 3.48. The molecule has 0 amide bonds. The minimum Gasteiger partial charge on any atom is -0.494 e. The largest absolute Gasteiger partial charge is 0.494 e. The van der Waals surface area contributed by atoms with E-state index in [1.165, 1.54) is 0 Å². The Morgan fingerprint density at radius 3 is 2.50 bits per heavy atom. The van der Waals surface area contributed by atoms with Crippen molar-refractivity contribution in [1.82, 2.24) is 0 Å². The SMILES string of the molecule is CCCOc1ccc(C(=O)c2cc(C)ccc2Br)cc1. The zero-order valence-electron chi connectivity index (χ0n) is 11.7. The van der Waals surface area contributed by atoms with Crippen LogP contribution in [-0.2, 0) is 0 Å². The first-order chi connectivity index (χ1) is 9.61. The van der Waals surface area contributed by atoms with Crippen LogP contribution in [0.5, 0.6) is 5.75 Å². The van der Waals surface area contributed by atoms with Crippen molar-refractivity contribution in [3.8, 4) is 5.75 Å². The van der Waals surface area contributed by atoms with E-state index in [0.717, 1.165) is 22.2 Å². The predicted octanol–water partition coefficient (Wildman–Crippen LogP) is 4.78. The highest BCUT2D eigenvalue weighted by molar-refractivity contribution is 9.10. The normalized spacial score (nSPS) is 10.3. The lowest BCUT2D eigenvalue weighted by Crippen LogP contribution is -2.03. The van der Waals surface area contributed by atoms with Crippen molar-refractivity contribution < 1.29 is 9.53 Å². The molecule has 0 spiro atoms. The molecule has 2 rings (SSSR count). The minimum absolute atomic E-state index is 0.0163. The Kier molecular flexibility index (Phi) is 4.96. The second-order valence-electron chi connectivity index (χ2n) is 4.69. The standard InChI is InChI=1S/C17H17BrO2/c1-3-10-20-14-7-5-13(6-8-14)17(19)15-11-12(2)4-9-16(15)18/h4-9,11H,3,10H2,1-2H3. The maximum atomic E-state index is 12.5. The summed E-state index contributed by atoms with van der Waals surface area (Å²) in [5.41, 5.74) is 2.42. The summed E-state index contributed by atoms with van der Waals surface area (Å²) in [5.74, 6) is 0.814. The van der Waals surface area contributed by atoms with E-state index in [4.69, 9.17) is 4.74 Å². The van der Waals surface area contributed by atoms with Crippen molar-refractivity contribution in [3.05, 3.63) is 63.6 Å². The van der Waals surface area contributed by atoms with Crippen LogP contribution >= 0.6 is 15.9 Å². The molecule has 0 aliphatic rings. The van der Waals surface area contributed by atoms with E-state index in [1.807, 2.05) is 49.4 Å². The molecule has 20 heavy (non-hydrogen) atoms. The Balaban J connectivity index is 2.22. The smallest absolute Gasteiger partial charge is 0.194 e. The first kappa shape index (κ1) is 14.8. The predicted molar refractivity (Wildman–Crippen MR) is 84.5 cm³/mol. The molecule has 0 aromatic heterocycles. The van der Waals surface area contributed by atoms with Crippen LogP contribution in [0.1, 0.15) is 34.8 Å². The van der Waals surface area contributed by atoms with Crippen LogP contribution in [0.2, 0.25) is 0 Å². The van der Waals surface area contributed by atoms with Crippen molar-refractivity contribution in [1.29, 1.82) is 0 Å². The Morgan fingerprint density at radius 1 is 1.15 bits per heavy atom. The van der Waals surface area contributed by atoms with Gasteiger partial charge in [-0.05, 0) is 49.7 Å². The van der Waals surface area contributed by atoms with Gasteiger partial charge in [0.25, 0.3) is 0 Å². The first-order valence-electron chi connectivity index (χ1n) is 6.65. The van der Waals surface area contributed by atoms with Gasteiger partial charge in [-0.25, -0.2) is 0 Å². The fourth-order valence-corrected chi connectivity index (χ4v) is 2.32. The van der Waals surface area contributed by atoms with Crippen LogP contribution in [0, 0.1) is 6.92 Å². The van der Waals surface area contributed by atoms with Gasteiger partial charge in [-0.2, -0.15) is 0 Å². The first-order valence-corrected chi connectivity index (χ1v) is 7.45. The highest BCUT2D eigenvalue weighted by atomic mass is 79.9. The topological polar surface area (TPSA) is 26.3 Å². The molecule has 0 heterocycles. The second-order valence-corrected chi connectivity index (χ2v) is 5.54. The Bertz CT molecular complexity index is 603. The quantitative estimate of drug-likeness (QED) is 0.736. The molecule has 2 nitrogen and oxygen atoms in total. The molecule has 0 aliphatic carbocycles. The molecule has 0 unspecified atom stereocenters. The van der Waals surface area contributed by atoms with E-state index in [-0.39, 0.29) is 5.78 Å². The number of benzene rings is 2. The molecule has 0 bridgehead atoms. The van der Waals surface area contributed by atoms with Gasteiger partial charge in [-0.15, -0.1) is 0 Å². The molecular formula is C17H17BrO2. The summed E-state index contributed by atoms with van der Waals surface area (Å²) in [6.45, 7) is 4.73. The highest BCUT2D eigenvalue weighted by Crippen LogP contribution is 2.22. The number of rotatable bonds is 5. The summed E-state index contributed by atoms with van der Waals surface area (Å²) in [6.07, 6.45) is 0.969. The van der Waals surface area contributed by atoms with Gasteiger partial charge < -0.3 is 4.74 Å². The summed E-state index contributed by atoms with van der Waals surface area (Å²) in [7, 11) is 0. The van der Waals surface area contributed by atoms with Crippen LogP contribution in [-0.4, -0.2) is 12.4 Å². The van der Waals surface area contributed by atoms with Crippen LogP contribution in [0.3, 0.4) is 0 Å². The fraction of sp³-hybridized carbons (Fsp3) is 0.235. The molecule has 0 aliphatic heterocycles. The van der Waals surface area contributed by atoms with E-state index < -0.39 is 0 Å². The lowest BCUT2D eigenvalue weighted by atomic mass is 10.0. The Morgan fingerprint density at radius 2 is 1.85 bits per heavy atom. The molecule has 0 fully saturated rings. The van der Waals surface area contributed by atoms with Gasteiger partial charge in [-0.3, -0.25) is 4.79 Å². The van der Waals surface area contributed by atoms with E-state index in [1.54, 1.807) is 0 Å². The number of hydrogen-bond acceptors (Lipinski definition) is 2. The zero-order valence-corrected chi connectivity index (χ0v) is 13.2. The number of aryl methyl sites for hydroxylation is 1. The monoisotopic (exact) mass is 332 g/mol. The highest BCUT2D eigenvalue weighted by Gasteiger charge is 2.12. The molecule has 0 atom stereocenters. The lowest BCUT2D eigenvalue weighted by Gasteiger charge is -2.07. The minimum atomic E-state index is 0.0163. The van der Waals surface area contributed by atoms with Gasteiger partial charge in [0.15, 0.2) is 5.78 Å². The van der Waals surface area contributed by atoms with E-state index >= 15 is 0 Å². The van der Waals surface area contributed by atoms with Gasteiger partial charge in [0.1, 0.15) is 5.75 Å². The molecule has 0 saturated heterocycles. The number of halogens is 1. The molecule has 3 heteroatoms. The van der Waals surface area contributed by atoms with Gasteiger partial charge in [0, 0.05) is 15.6 Å². The van der Waals surface area contributed by atoms with Crippen molar-refractivity contribution >= 4 is 21.7 Å². The fourth-order valence-electron chi connectivity index (χ4n) is 1.89. The molecule has 0 radical (unpaired) electrons. The summed E-state index contributed by atoms with van der Waals surface area (Å²) < 4.78 is 6.34. The van der Waals surface area contributed by atoms with Gasteiger partial charge in [-0.1, -0.05) is 34.5 Å². The maximum Gasteiger partial charge on any atom is 0.194 e. The summed E-state index contributed by atoms with van der Waals surface area (Å²) in [6, 6.07) is 13.1. The summed E-state index contributed by atoms with van der Waals surface area (Å²) in [5, 5.41) is 0. The van der Waals surface area contributed by atoms with Crippen molar-refractivity contribution in [2.24, 2.45) is 0 Å². The summed E-state index contributed by atoms with van der Waals surface area (Å²) in [4.78, 5) is 12.5. The average molecular weight is 333 g/mol. The molecular weight excluding hydrogens is 316 g/mol. The van der Waals surface area contributed by atoms with Crippen LogP contribution in [0.4, 0.5) is 0 Å². The van der Waals surface area contributed by atoms with Crippen molar-refractivity contribution in [2.75, 3.05) is 6.61 Å². The van der Waals surface area contributed by atoms with Crippen molar-refractivity contribution in [2.45, 2.75) is 20.3 Å². The number of ether oxygens (including phenoxy) is 1. The Hall–Kier alpha value is -1.61. The number of carbonyl (C=O) groups excluding carboxylic acids is 1. The third-order valence-corrected chi connectivity index (χ3v) is 3.65. The molecule has 2 aromatic rings. The average Bonchev–Trinajstić information content (AvgIpc) is 2.47. The lowest BCUT2D eigenvalue weighted by molar-refractivity contribution is 0.103. The third-order valence-electron chi connectivity index (χ3n) is 2.96. The van der Waals surface area contributed by atoms with Crippen LogP contribution in [0.15, 0.2) is 46.9 Å². The summed E-state index contributed by atoms with van der Waals surface area (Å²) >= 11 is 3.43. The molecule has 0 N–H and O–H groups in total. The van der Waals surface area contributed by atoms with E-state index in [9.17, 15) is 4.79 Å². The number of hydrogen-bond donors (Lipinski definition) is 0. The van der Waals surface area contributed by atoms with Crippen molar-refractivity contribution in [3.63, 3.8) is 0 Å². The number of carbonyl (C=O) groups is 1. The van der Waals surface area contributed by atoms with Crippen LogP contribution < -0.4 is 4.74 Å². The number of ketones is 1. The second kappa shape index (κ2) is 6.71. The van der Waals surface area contributed by atoms with Gasteiger partial charge >= 0.3 is 0 Å². The van der Waals surface area contributed by atoms with Gasteiger partial charge in [0.2, 0.25) is 0 Å². The molecule has 0 saturated carbocycles. The molecule has 104 valence electrons. The zero-order chi connectivity index (χ0) is 14.5. The van der Waals surface area contributed by atoms with Crippen LogP contribution in [0.25, 0.3) is 0 Å². The molecule has 2 aromatic carbocycles. The van der Waals surface area contributed by atoms with E-state index in [2.05, 4.69) is 22.9 Å². The Labute approximate surface area is 127 Å². The maximum absolute atomic E-state index is 12.5.